The molecule has 3 aromatic heterocycles. The van der Waals surface area contributed by atoms with E-state index in [-0.39, 0.29) is 11.9 Å². The molecule has 0 bridgehead atoms. The van der Waals surface area contributed by atoms with Crippen molar-refractivity contribution >= 4 is 11.5 Å². The van der Waals surface area contributed by atoms with Gasteiger partial charge in [0.1, 0.15) is 6.33 Å². The minimum absolute atomic E-state index is 0.198. The molecule has 0 aliphatic rings. The van der Waals surface area contributed by atoms with Crippen LogP contribution < -0.4 is 16.0 Å². The Morgan fingerprint density at radius 2 is 2.28 bits per heavy atom. The summed E-state index contributed by atoms with van der Waals surface area (Å²) >= 11 is 0. The van der Waals surface area contributed by atoms with Crippen LogP contribution in [0.1, 0.15) is 0 Å². The normalized spacial score (nSPS) is 10.8. The first-order valence-electron chi connectivity index (χ1n) is 5.10. The predicted octanol–water partition coefficient (Wildman–Crippen LogP) is -0.0643. The van der Waals surface area contributed by atoms with Crippen LogP contribution >= 0.6 is 0 Å². The van der Waals surface area contributed by atoms with Crippen LogP contribution in [0.15, 0.2) is 24.9 Å². The molecule has 0 saturated heterocycles. The van der Waals surface area contributed by atoms with Crippen LogP contribution in [-0.2, 0) is 7.05 Å². The smallest absolute Gasteiger partial charge is 0.342 e. The molecule has 3 rings (SSSR count). The lowest BCUT2D eigenvalue weighted by Gasteiger charge is -2.05. The number of ether oxygens (including phenoxy) is 1. The molecule has 0 amide bonds. The van der Waals surface area contributed by atoms with E-state index in [0.29, 0.717) is 11.5 Å². The fraction of sp³-hybridized carbons (Fsp3) is 0.111. The number of nitrogens with zero attached hydrogens (tertiary/aromatic N) is 6. The summed E-state index contributed by atoms with van der Waals surface area (Å²) in [5.41, 5.74) is 3.01. The highest BCUT2D eigenvalue weighted by atomic mass is 16.5. The summed E-state index contributed by atoms with van der Waals surface area (Å²) in [6, 6.07) is 0.198. The molecule has 0 aromatic carbocycles. The number of hydrazine groups is 1. The van der Waals surface area contributed by atoms with E-state index < -0.39 is 0 Å². The molecule has 0 aliphatic carbocycles. The van der Waals surface area contributed by atoms with E-state index in [9.17, 15) is 0 Å². The molecule has 3 N–H and O–H groups in total. The van der Waals surface area contributed by atoms with Crippen molar-refractivity contribution in [2.75, 3.05) is 5.43 Å². The van der Waals surface area contributed by atoms with Gasteiger partial charge in [-0.2, -0.15) is 9.97 Å². The molecule has 0 radical (unpaired) electrons. The van der Waals surface area contributed by atoms with E-state index in [4.69, 9.17) is 10.6 Å². The van der Waals surface area contributed by atoms with E-state index in [1.165, 1.54) is 11.0 Å². The minimum atomic E-state index is 0.198. The Labute approximate surface area is 101 Å². The van der Waals surface area contributed by atoms with Gasteiger partial charge in [0.25, 0.3) is 5.88 Å². The van der Waals surface area contributed by atoms with Crippen molar-refractivity contribution in [3.8, 4) is 11.9 Å². The number of hydrogen-bond donors (Lipinski definition) is 2. The first-order chi connectivity index (χ1) is 8.76. The Morgan fingerprint density at radius 1 is 1.39 bits per heavy atom. The first-order valence-corrected chi connectivity index (χ1v) is 5.10. The number of aryl methyl sites for hydroxylation is 1. The Bertz CT molecular complexity index is 687. The van der Waals surface area contributed by atoms with Crippen LogP contribution in [0.4, 0.5) is 5.82 Å². The third-order valence-corrected chi connectivity index (χ3v) is 2.26. The van der Waals surface area contributed by atoms with Gasteiger partial charge in [-0.05, 0) is 0 Å². The van der Waals surface area contributed by atoms with Gasteiger partial charge < -0.3 is 10.2 Å². The van der Waals surface area contributed by atoms with Gasteiger partial charge in [-0.1, -0.05) is 0 Å². The number of fused-ring (bicyclic) bond motifs is 1. The summed E-state index contributed by atoms with van der Waals surface area (Å²) in [5, 5.41) is 4.01. The van der Waals surface area contributed by atoms with Crippen molar-refractivity contribution in [3.05, 3.63) is 24.9 Å². The number of imidazole rings is 1. The summed E-state index contributed by atoms with van der Waals surface area (Å²) in [6.07, 6.45) is 6.62. The van der Waals surface area contributed by atoms with Gasteiger partial charge in [0.15, 0.2) is 5.82 Å². The average Bonchev–Trinajstić information content (AvgIpc) is 2.98. The SMILES string of the molecule is Cn1cnc(Oc2nc(NN)cn3ccnc23)n1. The topological polar surface area (TPSA) is 108 Å². The second-order valence-corrected chi connectivity index (χ2v) is 3.54. The molecular formula is C9H10N8O. The molecular weight excluding hydrogens is 236 g/mol. The highest BCUT2D eigenvalue weighted by Crippen LogP contribution is 2.21. The second-order valence-electron chi connectivity index (χ2n) is 3.54. The lowest BCUT2D eigenvalue weighted by Crippen LogP contribution is -2.10. The first kappa shape index (κ1) is 10.5. The Morgan fingerprint density at radius 3 is 3.00 bits per heavy atom. The molecule has 0 fully saturated rings. The maximum absolute atomic E-state index is 5.48. The maximum Gasteiger partial charge on any atom is 0.342 e. The van der Waals surface area contributed by atoms with Crippen LogP contribution in [0, 0.1) is 0 Å². The number of anilines is 1. The van der Waals surface area contributed by atoms with Crippen molar-refractivity contribution in [3.63, 3.8) is 0 Å². The van der Waals surface area contributed by atoms with Crippen molar-refractivity contribution in [2.45, 2.75) is 0 Å². The molecule has 0 aliphatic heterocycles. The van der Waals surface area contributed by atoms with E-state index in [1.807, 2.05) is 0 Å². The summed E-state index contributed by atoms with van der Waals surface area (Å²) in [7, 11) is 1.75. The molecule has 0 saturated carbocycles. The second kappa shape index (κ2) is 3.96. The molecule has 0 unspecified atom stereocenters. The zero-order valence-electron chi connectivity index (χ0n) is 9.48. The number of nitrogens with one attached hydrogen (secondary N) is 1. The van der Waals surface area contributed by atoms with Crippen LogP contribution in [0.3, 0.4) is 0 Å². The Balaban J connectivity index is 2.06. The minimum Gasteiger partial charge on any atom is -0.400 e. The number of hydrogen-bond acceptors (Lipinski definition) is 7. The summed E-state index contributed by atoms with van der Waals surface area (Å²) in [5.74, 6) is 6.07. The summed E-state index contributed by atoms with van der Waals surface area (Å²) < 4.78 is 8.75. The van der Waals surface area contributed by atoms with E-state index in [1.54, 1.807) is 30.0 Å². The summed E-state index contributed by atoms with van der Waals surface area (Å²) in [4.78, 5) is 12.3. The van der Waals surface area contributed by atoms with Crippen LogP contribution in [0.25, 0.3) is 5.65 Å². The third kappa shape index (κ3) is 1.72. The maximum atomic E-state index is 5.48. The molecule has 0 spiro atoms. The van der Waals surface area contributed by atoms with Crippen LogP contribution in [0.5, 0.6) is 11.9 Å². The quantitative estimate of drug-likeness (QED) is 0.492. The molecule has 9 nitrogen and oxygen atoms in total. The van der Waals surface area contributed by atoms with Crippen LogP contribution in [-0.4, -0.2) is 29.1 Å². The highest BCUT2D eigenvalue weighted by Gasteiger charge is 2.11. The Hall–Kier alpha value is -2.68. The molecule has 0 atom stereocenters. The number of nitrogens with two attached hydrogens (primary N) is 1. The number of rotatable bonds is 3. The lowest BCUT2D eigenvalue weighted by molar-refractivity contribution is 0.425. The molecule has 18 heavy (non-hydrogen) atoms. The van der Waals surface area contributed by atoms with E-state index >= 15 is 0 Å². The Kier molecular flexibility index (Phi) is 2.31. The molecule has 92 valence electrons. The zero-order valence-corrected chi connectivity index (χ0v) is 9.48. The van der Waals surface area contributed by atoms with Crippen molar-refractivity contribution in [1.82, 2.24) is 29.1 Å². The number of nitrogen functional groups attached to an aromatic ring is 1. The van der Waals surface area contributed by atoms with E-state index in [0.717, 1.165) is 0 Å². The molecule has 9 heteroatoms. The van der Waals surface area contributed by atoms with Crippen molar-refractivity contribution in [1.29, 1.82) is 0 Å². The zero-order chi connectivity index (χ0) is 12.5. The van der Waals surface area contributed by atoms with Gasteiger partial charge in [-0.25, -0.2) is 10.8 Å². The third-order valence-electron chi connectivity index (χ3n) is 2.26. The summed E-state index contributed by atoms with van der Waals surface area (Å²) in [6.45, 7) is 0. The monoisotopic (exact) mass is 246 g/mol. The fourth-order valence-corrected chi connectivity index (χ4v) is 1.49. The van der Waals surface area contributed by atoms with E-state index in [2.05, 4.69) is 25.5 Å². The van der Waals surface area contributed by atoms with Crippen LogP contribution in [0.2, 0.25) is 0 Å². The van der Waals surface area contributed by atoms with Gasteiger partial charge in [0.2, 0.25) is 5.65 Å². The van der Waals surface area contributed by atoms with Gasteiger partial charge in [-0.15, -0.1) is 5.10 Å². The van der Waals surface area contributed by atoms with Crippen molar-refractivity contribution < 1.29 is 4.74 Å². The molecule has 3 heterocycles. The highest BCUT2D eigenvalue weighted by molar-refractivity contribution is 5.54. The van der Waals surface area contributed by atoms with Gasteiger partial charge in [0.05, 0.1) is 6.20 Å². The predicted molar refractivity (Wildman–Crippen MR) is 61.9 cm³/mol. The van der Waals surface area contributed by atoms with Gasteiger partial charge in [-0.3, -0.25) is 9.08 Å². The number of aromatic nitrogens is 6. The largest absolute Gasteiger partial charge is 0.400 e. The van der Waals surface area contributed by atoms with Gasteiger partial charge in [0, 0.05) is 19.4 Å². The lowest BCUT2D eigenvalue weighted by atomic mass is 10.6. The fourth-order valence-electron chi connectivity index (χ4n) is 1.49. The van der Waals surface area contributed by atoms with Gasteiger partial charge >= 0.3 is 6.01 Å². The van der Waals surface area contributed by atoms with Crippen molar-refractivity contribution in [2.24, 2.45) is 12.9 Å². The average molecular weight is 246 g/mol. The molecule has 3 aromatic rings. The standard InChI is InChI=1S/C9H10N8O/c1-16-5-12-9(15-16)18-8-7-11-2-3-17(7)4-6(13-8)14-10/h2-5,14H,10H2,1H3.